The number of esters is 2. The number of nitrogens with zero attached hydrogens (tertiary/aromatic N) is 3. The van der Waals surface area contributed by atoms with E-state index in [0.717, 1.165) is 0 Å². The van der Waals surface area contributed by atoms with Gasteiger partial charge in [-0.05, 0) is 12.5 Å². The number of rotatable bonds is 3. The smallest absolute Gasteiger partial charge is 0.304 e. The van der Waals surface area contributed by atoms with Gasteiger partial charge in [0.05, 0.1) is 11.6 Å². The molecule has 19 heavy (non-hydrogen) atoms. The second-order valence-corrected chi connectivity index (χ2v) is 4.66. The van der Waals surface area contributed by atoms with Crippen LogP contribution >= 0.6 is 0 Å². The largest absolute Gasteiger partial charge is 0.459 e. The van der Waals surface area contributed by atoms with Gasteiger partial charge >= 0.3 is 11.9 Å². The summed E-state index contributed by atoms with van der Waals surface area (Å²) in [6, 6.07) is 0. The zero-order chi connectivity index (χ0) is 14.6. The Hall–Kier alpha value is -1.79. The third-order valence-corrected chi connectivity index (χ3v) is 2.85. The molecule has 0 bridgehead atoms. The molecule has 0 amide bonds. The van der Waals surface area contributed by atoms with Crippen LogP contribution < -0.4 is 0 Å². The van der Waals surface area contributed by atoms with Gasteiger partial charge in [0.25, 0.3) is 0 Å². The highest BCUT2D eigenvalue weighted by Crippen LogP contribution is 2.35. The molecular weight excluding hydrogens is 254 g/mol. The van der Waals surface area contributed by atoms with Crippen molar-refractivity contribution in [3.8, 4) is 0 Å². The summed E-state index contributed by atoms with van der Waals surface area (Å²) in [5, 5.41) is 3.69. The first-order valence-corrected chi connectivity index (χ1v) is 5.84. The van der Waals surface area contributed by atoms with Gasteiger partial charge in [0.15, 0.2) is 0 Å². The molecule has 0 spiro atoms. The first kappa shape index (κ1) is 15.3. The van der Waals surface area contributed by atoms with Crippen molar-refractivity contribution >= 4 is 11.9 Å². The van der Waals surface area contributed by atoms with Crippen LogP contribution in [0.1, 0.15) is 34.1 Å². The van der Waals surface area contributed by atoms with Crippen molar-refractivity contribution in [3.63, 3.8) is 0 Å². The highest BCUT2D eigenvalue weighted by molar-refractivity contribution is 5.66. The van der Waals surface area contributed by atoms with Crippen LogP contribution in [0.2, 0.25) is 0 Å². The summed E-state index contributed by atoms with van der Waals surface area (Å²) in [6.07, 6.45) is -1.99. The average molecular weight is 271 g/mol. The normalized spacial score (nSPS) is 34.0. The number of hydrogen-bond donors (Lipinski definition) is 0. The van der Waals surface area contributed by atoms with Gasteiger partial charge in [-0.3, -0.25) is 9.59 Å². The fraction of sp³-hybridized carbons (Fsp3) is 0.818. The van der Waals surface area contributed by atoms with Crippen LogP contribution in [0.15, 0.2) is 5.11 Å². The van der Waals surface area contributed by atoms with Gasteiger partial charge in [0.2, 0.25) is 6.29 Å². The van der Waals surface area contributed by atoms with E-state index >= 15 is 0 Å². The van der Waals surface area contributed by atoms with Gasteiger partial charge in [-0.1, -0.05) is 12.0 Å². The fourth-order valence-electron chi connectivity index (χ4n) is 2.17. The van der Waals surface area contributed by atoms with E-state index < -0.39 is 36.0 Å². The van der Waals surface area contributed by atoms with Crippen LogP contribution in [-0.4, -0.2) is 36.0 Å². The van der Waals surface area contributed by atoms with Gasteiger partial charge in [-0.2, -0.15) is 0 Å². The van der Waals surface area contributed by atoms with Crippen LogP contribution in [-0.2, 0) is 23.8 Å². The standard InChI is InChI=1S/C11H17N3O5/c1-6-10(19-8(3)16)11(4,13-14-12)5-9(17-6)18-7(2)15/h6,9-10H,5H2,1-4H3/t6-,9+,10+,11-/m0/s1. The Balaban J connectivity index is 2.97. The van der Waals surface area contributed by atoms with Gasteiger partial charge in [-0.25, -0.2) is 0 Å². The predicted molar refractivity (Wildman–Crippen MR) is 63.8 cm³/mol. The number of azide groups is 1. The number of carbonyl (C=O) groups is 2. The fourth-order valence-corrected chi connectivity index (χ4v) is 2.17. The Morgan fingerprint density at radius 1 is 1.37 bits per heavy atom. The van der Waals surface area contributed by atoms with Crippen molar-refractivity contribution in [1.82, 2.24) is 0 Å². The minimum Gasteiger partial charge on any atom is -0.459 e. The minimum atomic E-state index is -1.03. The lowest BCUT2D eigenvalue weighted by Crippen LogP contribution is -2.56. The van der Waals surface area contributed by atoms with Crippen molar-refractivity contribution < 1.29 is 23.8 Å². The molecule has 8 heteroatoms. The molecule has 0 aromatic rings. The van der Waals surface area contributed by atoms with Gasteiger partial charge in [0, 0.05) is 25.2 Å². The summed E-state index contributed by atoms with van der Waals surface area (Å²) in [5.74, 6) is -0.989. The van der Waals surface area contributed by atoms with Gasteiger partial charge in [0.1, 0.15) is 6.10 Å². The molecule has 1 saturated heterocycles. The zero-order valence-electron chi connectivity index (χ0n) is 11.3. The summed E-state index contributed by atoms with van der Waals surface area (Å²) in [7, 11) is 0. The topological polar surface area (TPSA) is 111 Å². The Bertz CT molecular complexity index is 421. The Morgan fingerprint density at radius 2 is 1.95 bits per heavy atom. The molecule has 1 aliphatic heterocycles. The summed E-state index contributed by atoms with van der Waals surface area (Å²) in [6.45, 7) is 5.82. The van der Waals surface area contributed by atoms with E-state index in [0.29, 0.717) is 0 Å². The van der Waals surface area contributed by atoms with Crippen LogP contribution in [0.4, 0.5) is 0 Å². The van der Waals surface area contributed by atoms with Crippen LogP contribution in [0.3, 0.4) is 0 Å². The van der Waals surface area contributed by atoms with E-state index in [-0.39, 0.29) is 6.42 Å². The molecule has 8 nitrogen and oxygen atoms in total. The van der Waals surface area contributed by atoms with Crippen LogP contribution in [0.25, 0.3) is 10.4 Å². The third kappa shape index (κ3) is 3.84. The van der Waals surface area contributed by atoms with Gasteiger partial charge in [-0.15, -0.1) is 0 Å². The molecule has 1 fully saturated rings. The summed E-state index contributed by atoms with van der Waals surface area (Å²) >= 11 is 0. The molecule has 106 valence electrons. The lowest BCUT2D eigenvalue weighted by atomic mass is 9.86. The molecule has 0 aliphatic carbocycles. The number of hydrogen-bond acceptors (Lipinski definition) is 6. The molecule has 0 unspecified atom stereocenters. The molecule has 0 N–H and O–H groups in total. The van der Waals surface area contributed by atoms with Crippen molar-refractivity contribution in [2.45, 2.75) is 58.2 Å². The molecule has 0 aromatic carbocycles. The Kier molecular flexibility index (Phi) is 4.74. The average Bonchev–Trinajstić information content (AvgIpc) is 2.22. The highest BCUT2D eigenvalue weighted by atomic mass is 16.7. The molecule has 1 aliphatic rings. The quantitative estimate of drug-likeness (QED) is 0.335. The molecule has 0 aromatic heterocycles. The first-order valence-electron chi connectivity index (χ1n) is 5.84. The SMILES string of the molecule is CC(=O)O[C@@H]1C[C@](C)(N=[N+]=[N-])[C@H](OC(C)=O)[C@H](C)O1. The lowest BCUT2D eigenvalue weighted by molar-refractivity contribution is -0.238. The second-order valence-electron chi connectivity index (χ2n) is 4.66. The minimum absolute atomic E-state index is 0.124. The van der Waals surface area contributed by atoms with Crippen molar-refractivity contribution in [2.75, 3.05) is 0 Å². The zero-order valence-corrected chi connectivity index (χ0v) is 11.3. The predicted octanol–water partition coefficient (Wildman–Crippen LogP) is 1.69. The molecule has 1 heterocycles. The van der Waals surface area contributed by atoms with E-state index in [1.165, 1.54) is 13.8 Å². The molecule has 0 radical (unpaired) electrons. The van der Waals surface area contributed by atoms with Crippen molar-refractivity contribution in [2.24, 2.45) is 5.11 Å². The molecular formula is C11H17N3O5. The maximum atomic E-state index is 11.1. The maximum absolute atomic E-state index is 11.1. The molecule has 4 atom stereocenters. The molecule has 0 saturated carbocycles. The maximum Gasteiger partial charge on any atom is 0.304 e. The van der Waals surface area contributed by atoms with Crippen LogP contribution in [0.5, 0.6) is 0 Å². The van der Waals surface area contributed by atoms with Gasteiger partial charge < -0.3 is 14.2 Å². The van der Waals surface area contributed by atoms with E-state index in [4.69, 9.17) is 19.7 Å². The van der Waals surface area contributed by atoms with E-state index in [9.17, 15) is 9.59 Å². The Morgan fingerprint density at radius 3 is 2.42 bits per heavy atom. The summed E-state index contributed by atoms with van der Waals surface area (Å²) in [4.78, 5) is 24.8. The van der Waals surface area contributed by atoms with E-state index in [2.05, 4.69) is 10.0 Å². The van der Waals surface area contributed by atoms with Crippen molar-refractivity contribution in [3.05, 3.63) is 10.4 Å². The number of carbonyl (C=O) groups excluding carboxylic acids is 2. The lowest BCUT2D eigenvalue weighted by Gasteiger charge is -2.43. The summed E-state index contributed by atoms with van der Waals surface area (Å²) < 4.78 is 15.6. The molecule has 1 rings (SSSR count). The number of ether oxygens (including phenoxy) is 3. The first-order chi connectivity index (χ1) is 8.78. The monoisotopic (exact) mass is 271 g/mol. The van der Waals surface area contributed by atoms with Crippen molar-refractivity contribution in [1.29, 1.82) is 0 Å². The third-order valence-electron chi connectivity index (χ3n) is 2.85. The van der Waals surface area contributed by atoms with Crippen LogP contribution in [0, 0.1) is 0 Å². The Labute approximate surface area is 110 Å². The van der Waals surface area contributed by atoms with E-state index in [1.54, 1.807) is 13.8 Å². The van der Waals surface area contributed by atoms with E-state index in [1.807, 2.05) is 0 Å². The highest BCUT2D eigenvalue weighted by Gasteiger charge is 2.48. The summed E-state index contributed by atoms with van der Waals surface area (Å²) in [5.41, 5.74) is 7.63. The second kappa shape index (κ2) is 5.90.